The van der Waals surface area contributed by atoms with Gasteiger partial charge in [-0.15, -0.1) is 0 Å². The SMILES string of the molecule is CCCC(CNC(=O)c1ccc2c(c1)[nH]c(=O)n2C1CCCC1)C(=O)O. The van der Waals surface area contributed by atoms with Crippen molar-refractivity contribution >= 4 is 22.9 Å². The van der Waals surface area contributed by atoms with Crippen molar-refractivity contribution in [3.05, 3.63) is 34.2 Å². The molecule has 0 saturated heterocycles. The molecule has 0 bridgehead atoms. The highest BCUT2D eigenvalue weighted by Gasteiger charge is 2.22. The highest BCUT2D eigenvalue weighted by atomic mass is 16.4. The van der Waals surface area contributed by atoms with Crippen LogP contribution in [0.25, 0.3) is 11.0 Å². The standard InChI is InChI=1S/C19H25N3O4/c1-2-5-13(18(24)25)11-20-17(23)12-8-9-16-15(10-12)21-19(26)22(16)14-6-3-4-7-14/h8-10,13-14H,2-7,11H2,1H3,(H,20,23)(H,21,26)(H,24,25). The van der Waals surface area contributed by atoms with Gasteiger partial charge in [0.25, 0.3) is 5.91 Å². The maximum Gasteiger partial charge on any atom is 0.326 e. The Morgan fingerprint density at radius 1 is 1.35 bits per heavy atom. The molecule has 0 radical (unpaired) electrons. The van der Waals surface area contributed by atoms with E-state index >= 15 is 0 Å². The number of amides is 1. The van der Waals surface area contributed by atoms with Crippen molar-refractivity contribution in [3.63, 3.8) is 0 Å². The van der Waals surface area contributed by atoms with E-state index in [4.69, 9.17) is 0 Å². The maximum atomic E-state index is 12.4. The number of aliphatic carboxylic acids is 1. The number of benzene rings is 1. The lowest BCUT2D eigenvalue weighted by molar-refractivity contribution is -0.141. The maximum absolute atomic E-state index is 12.4. The van der Waals surface area contributed by atoms with Crippen molar-refractivity contribution in [3.8, 4) is 0 Å². The zero-order valence-corrected chi connectivity index (χ0v) is 15.0. The minimum atomic E-state index is -0.902. The van der Waals surface area contributed by atoms with Crippen molar-refractivity contribution in [2.24, 2.45) is 5.92 Å². The third-order valence-electron chi connectivity index (χ3n) is 5.16. The van der Waals surface area contributed by atoms with Crippen LogP contribution in [0.5, 0.6) is 0 Å². The van der Waals surface area contributed by atoms with E-state index in [0.717, 1.165) is 37.6 Å². The fraction of sp³-hybridized carbons (Fsp3) is 0.526. The van der Waals surface area contributed by atoms with E-state index in [0.29, 0.717) is 17.5 Å². The quantitative estimate of drug-likeness (QED) is 0.707. The number of fused-ring (bicyclic) bond motifs is 1. The van der Waals surface area contributed by atoms with Crippen molar-refractivity contribution in [2.45, 2.75) is 51.5 Å². The van der Waals surface area contributed by atoms with Crippen LogP contribution >= 0.6 is 0 Å². The van der Waals surface area contributed by atoms with E-state index in [2.05, 4.69) is 10.3 Å². The number of imidazole rings is 1. The highest BCUT2D eigenvalue weighted by Crippen LogP contribution is 2.30. The summed E-state index contributed by atoms with van der Waals surface area (Å²) in [5.74, 6) is -1.82. The van der Waals surface area contributed by atoms with Crippen LogP contribution in [0.4, 0.5) is 0 Å². The summed E-state index contributed by atoms with van der Waals surface area (Å²) in [5, 5.41) is 11.9. The zero-order chi connectivity index (χ0) is 18.7. The molecule has 1 aliphatic carbocycles. The number of aromatic amines is 1. The molecular weight excluding hydrogens is 334 g/mol. The van der Waals surface area contributed by atoms with Gasteiger partial charge < -0.3 is 15.4 Å². The Kier molecular flexibility index (Phi) is 5.44. The van der Waals surface area contributed by atoms with E-state index < -0.39 is 11.9 Å². The second kappa shape index (κ2) is 7.76. The molecule has 1 aliphatic rings. The molecular formula is C19H25N3O4. The molecule has 7 heteroatoms. The molecule has 1 amide bonds. The predicted molar refractivity (Wildman–Crippen MR) is 98.4 cm³/mol. The molecule has 1 heterocycles. The van der Waals surface area contributed by atoms with Gasteiger partial charge in [-0.05, 0) is 37.5 Å². The summed E-state index contributed by atoms with van der Waals surface area (Å²) in [7, 11) is 0. The van der Waals surface area contributed by atoms with Crippen molar-refractivity contribution in [1.82, 2.24) is 14.9 Å². The van der Waals surface area contributed by atoms with Gasteiger partial charge in [-0.3, -0.25) is 14.2 Å². The van der Waals surface area contributed by atoms with Crippen LogP contribution in [0.3, 0.4) is 0 Å². The van der Waals surface area contributed by atoms with Gasteiger partial charge in [0.2, 0.25) is 0 Å². The Balaban J connectivity index is 1.77. The van der Waals surface area contributed by atoms with E-state index in [9.17, 15) is 19.5 Å². The molecule has 140 valence electrons. The minimum Gasteiger partial charge on any atom is -0.481 e. The summed E-state index contributed by atoms with van der Waals surface area (Å²) in [6.45, 7) is 2.01. The predicted octanol–water partition coefficient (Wildman–Crippen LogP) is 2.68. The number of carbonyl (C=O) groups excluding carboxylic acids is 1. The smallest absolute Gasteiger partial charge is 0.326 e. The fourth-order valence-corrected chi connectivity index (χ4v) is 3.78. The molecule has 1 aromatic heterocycles. The van der Waals surface area contributed by atoms with Gasteiger partial charge in [0.1, 0.15) is 0 Å². The summed E-state index contributed by atoms with van der Waals surface area (Å²) in [4.78, 5) is 38.7. The van der Waals surface area contributed by atoms with Gasteiger partial charge in [-0.1, -0.05) is 26.2 Å². The summed E-state index contributed by atoms with van der Waals surface area (Å²) < 4.78 is 1.80. The topological polar surface area (TPSA) is 104 Å². The number of nitrogens with zero attached hydrogens (tertiary/aromatic N) is 1. The molecule has 3 rings (SSSR count). The van der Waals surface area contributed by atoms with Crippen LogP contribution in [0.1, 0.15) is 61.8 Å². The Morgan fingerprint density at radius 2 is 2.08 bits per heavy atom. The summed E-state index contributed by atoms with van der Waals surface area (Å²) >= 11 is 0. The number of hydrogen-bond donors (Lipinski definition) is 3. The monoisotopic (exact) mass is 359 g/mol. The molecule has 1 saturated carbocycles. The van der Waals surface area contributed by atoms with Gasteiger partial charge >= 0.3 is 11.7 Å². The summed E-state index contributed by atoms with van der Waals surface area (Å²) in [5.41, 5.74) is 1.72. The summed E-state index contributed by atoms with van der Waals surface area (Å²) in [6.07, 6.45) is 5.53. The van der Waals surface area contributed by atoms with E-state index in [1.807, 2.05) is 6.92 Å². The number of nitrogens with one attached hydrogen (secondary N) is 2. The molecule has 26 heavy (non-hydrogen) atoms. The second-order valence-corrected chi connectivity index (χ2v) is 7.00. The number of hydrogen-bond acceptors (Lipinski definition) is 3. The molecule has 1 aromatic carbocycles. The van der Waals surface area contributed by atoms with Gasteiger partial charge in [0, 0.05) is 18.2 Å². The zero-order valence-electron chi connectivity index (χ0n) is 15.0. The number of carboxylic acid groups (broad SMARTS) is 1. The first-order valence-corrected chi connectivity index (χ1v) is 9.26. The highest BCUT2D eigenvalue weighted by molar-refractivity contribution is 5.97. The normalized spacial score (nSPS) is 16.0. The van der Waals surface area contributed by atoms with Crippen molar-refractivity contribution in [1.29, 1.82) is 0 Å². The van der Waals surface area contributed by atoms with Crippen LogP contribution in [0.15, 0.2) is 23.0 Å². The number of H-pyrrole nitrogens is 1. The van der Waals surface area contributed by atoms with Gasteiger partial charge in [-0.2, -0.15) is 0 Å². The van der Waals surface area contributed by atoms with Gasteiger partial charge in [0.15, 0.2) is 0 Å². The first kappa shape index (κ1) is 18.2. The molecule has 1 unspecified atom stereocenters. The first-order chi connectivity index (χ1) is 12.5. The molecule has 2 aromatic rings. The number of rotatable bonds is 7. The molecule has 1 atom stereocenters. The lowest BCUT2D eigenvalue weighted by Crippen LogP contribution is -2.32. The Bertz CT molecular complexity index is 861. The lowest BCUT2D eigenvalue weighted by Gasteiger charge is -2.13. The van der Waals surface area contributed by atoms with Crippen LogP contribution in [0, 0.1) is 5.92 Å². The molecule has 3 N–H and O–H groups in total. The van der Waals surface area contributed by atoms with Crippen LogP contribution in [-0.2, 0) is 4.79 Å². The Morgan fingerprint density at radius 3 is 2.73 bits per heavy atom. The fourth-order valence-electron chi connectivity index (χ4n) is 3.78. The summed E-state index contributed by atoms with van der Waals surface area (Å²) in [6, 6.07) is 5.36. The van der Waals surface area contributed by atoms with Gasteiger partial charge in [0.05, 0.1) is 17.0 Å². The second-order valence-electron chi connectivity index (χ2n) is 7.00. The third-order valence-corrected chi connectivity index (χ3v) is 5.16. The molecule has 7 nitrogen and oxygen atoms in total. The van der Waals surface area contributed by atoms with Crippen LogP contribution < -0.4 is 11.0 Å². The Labute approximate surface area is 151 Å². The molecule has 0 spiro atoms. The van der Waals surface area contributed by atoms with Crippen molar-refractivity contribution in [2.75, 3.05) is 6.54 Å². The van der Waals surface area contributed by atoms with E-state index in [1.165, 1.54) is 0 Å². The largest absolute Gasteiger partial charge is 0.481 e. The average Bonchev–Trinajstić information content (AvgIpc) is 3.23. The third kappa shape index (κ3) is 3.66. The van der Waals surface area contributed by atoms with Gasteiger partial charge in [-0.25, -0.2) is 4.79 Å². The van der Waals surface area contributed by atoms with Crippen LogP contribution in [0.2, 0.25) is 0 Å². The molecule has 1 fully saturated rings. The van der Waals surface area contributed by atoms with E-state index in [-0.39, 0.29) is 24.2 Å². The van der Waals surface area contributed by atoms with Crippen LogP contribution in [-0.4, -0.2) is 33.1 Å². The number of carboxylic acids is 1. The molecule has 0 aliphatic heterocycles. The Hall–Kier alpha value is -2.57. The number of carbonyl (C=O) groups is 2. The lowest BCUT2D eigenvalue weighted by atomic mass is 10.0. The average molecular weight is 359 g/mol. The van der Waals surface area contributed by atoms with Crippen molar-refractivity contribution < 1.29 is 14.7 Å². The first-order valence-electron chi connectivity index (χ1n) is 9.26. The minimum absolute atomic E-state index is 0.0969. The van der Waals surface area contributed by atoms with E-state index in [1.54, 1.807) is 22.8 Å². The number of aromatic nitrogens is 2.